The lowest BCUT2D eigenvalue weighted by Crippen LogP contribution is -2.37. The number of hydrogen-bond acceptors (Lipinski definition) is 5. The lowest BCUT2D eigenvalue weighted by molar-refractivity contribution is -0.124. The summed E-state index contributed by atoms with van der Waals surface area (Å²) in [5.74, 6) is 0.280. The molecule has 0 aliphatic carbocycles. The van der Waals surface area contributed by atoms with Crippen molar-refractivity contribution in [3.05, 3.63) is 70.6 Å². The van der Waals surface area contributed by atoms with Gasteiger partial charge in [-0.15, -0.1) is 0 Å². The van der Waals surface area contributed by atoms with Crippen LogP contribution in [0.4, 0.5) is 4.79 Å². The van der Waals surface area contributed by atoms with Crippen LogP contribution in [0.1, 0.15) is 17.5 Å². The molecule has 1 N–H and O–H groups in total. The number of amides is 3. The number of nitrogens with one attached hydrogen (secondary N) is 1. The molecule has 1 saturated heterocycles. The maximum atomic E-state index is 12.5. The maximum absolute atomic E-state index is 12.5. The fourth-order valence-corrected chi connectivity index (χ4v) is 3.71. The molecule has 0 bridgehead atoms. The first-order valence-electron chi connectivity index (χ1n) is 9.27. The number of benzene rings is 2. The number of nitrogens with zero attached hydrogens (tertiary/aromatic N) is 1. The minimum absolute atomic E-state index is 0.102. The summed E-state index contributed by atoms with van der Waals surface area (Å²) in [4.78, 5) is 38.2. The molecule has 3 amide bonds. The molecule has 3 rings (SSSR count). The number of thioether (sulfide) groups is 1. The standard InChI is InChI=1S/C22H22N2O4S/c1-28-18-10-7-17(8-11-18)15-19-21(26)24(22(27)29-19)14-13-23-20(25)12-9-16-5-3-2-4-6-16/h2-8,10-11,15H,9,12-14H2,1H3,(H,23,25)/b19-15+. The van der Waals surface area contributed by atoms with Gasteiger partial charge in [0.25, 0.3) is 11.1 Å². The third kappa shape index (κ3) is 5.71. The van der Waals surface area contributed by atoms with Crippen LogP contribution >= 0.6 is 11.8 Å². The highest BCUT2D eigenvalue weighted by atomic mass is 32.2. The van der Waals surface area contributed by atoms with Crippen LogP contribution < -0.4 is 10.1 Å². The molecule has 1 aliphatic heterocycles. The van der Waals surface area contributed by atoms with E-state index in [-0.39, 0.29) is 30.1 Å². The van der Waals surface area contributed by atoms with Crippen molar-refractivity contribution in [1.29, 1.82) is 0 Å². The SMILES string of the molecule is COc1ccc(/C=C2/SC(=O)N(CCNC(=O)CCc3ccccc3)C2=O)cc1. The predicted octanol–water partition coefficient (Wildman–Crippen LogP) is 3.48. The van der Waals surface area contributed by atoms with Crippen molar-refractivity contribution in [2.75, 3.05) is 20.2 Å². The molecule has 0 atom stereocenters. The molecule has 29 heavy (non-hydrogen) atoms. The zero-order valence-corrected chi connectivity index (χ0v) is 16.9. The van der Waals surface area contributed by atoms with Gasteiger partial charge in [-0.05, 0) is 47.5 Å². The summed E-state index contributed by atoms with van der Waals surface area (Å²) >= 11 is 0.908. The second-order valence-electron chi connectivity index (χ2n) is 6.44. The molecule has 1 aliphatic rings. The number of imide groups is 1. The maximum Gasteiger partial charge on any atom is 0.293 e. The minimum atomic E-state index is -0.339. The topological polar surface area (TPSA) is 75.7 Å². The summed E-state index contributed by atoms with van der Waals surface area (Å²) in [7, 11) is 1.58. The van der Waals surface area contributed by atoms with Gasteiger partial charge >= 0.3 is 0 Å². The largest absolute Gasteiger partial charge is 0.497 e. The second-order valence-corrected chi connectivity index (χ2v) is 7.44. The Balaban J connectivity index is 1.48. The van der Waals surface area contributed by atoms with Gasteiger partial charge in [-0.3, -0.25) is 19.3 Å². The van der Waals surface area contributed by atoms with Gasteiger partial charge in [0.1, 0.15) is 5.75 Å². The van der Waals surface area contributed by atoms with E-state index in [0.717, 1.165) is 33.5 Å². The van der Waals surface area contributed by atoms with Crippen LogP contribution in [-0.2, 0) is 16.0 Å². The minimum Gasteiger partial charge on any atom is -0.497 e. The molecule has 2 aromatic carbocycles. The van der Waals surface area contributed by atoms with E-state index in [2.05, 4.69) is 5.32 Å². The van der Waals surface area contributed by atoms with E-state index in [4.69, 9.17) is 4.74 Å². The third-order valence-corrected chi connectivity index (χ3v) is 5.34. The Bertz CT molecular complexity index is 910. The van der Waals surface area contributed by atoms with E-state index in [9.17, 15) is 14.4 Å². The van der Waals surface area contributed by atoms with Crippen LogP contribution in [-0.4, -0.2) is 42.2 Å². The van der Waals surface area contributed by atoms with Crippen molar-refractivity contribution < 1.29 is 19.1 Å². The molecule has 1 fully saturated rings. The summed E-state index contributed by atoms with van der Waals surface area (Å²) < 4.78 is 5.11. The van der Waals surface area contributed by atoms with Crippen LogP contribution in [0.5, 0.6) is 5.75 Å². The highest BCUT2D eigenvalue weighted by Gasteiger charge is 2.34. The fourth-order valence-electron chi connectivity index (χ4n) is 2.84. The Labute approximate surface area is 173 Å². The molecule has 2 aromatic rings. The highest BCUT2D eigenvalue weighted by molar-refractivity contribution is 8.18. The monoisotopic (exact) mass is 410 g/mol. The van der Waals surface area contributed by atoms with Gasteiger partial charge in [0, 0.05) is 19.5 Å². The number of methoxy groups -OCH3 is 1. The Hall–Kier alpha value is -3.06. The van der Waals surface area contributed by atoms with Gasteiger partial charge in [-0.1, -0.05) is 42.5 Å². The zero-order chi connectivity index (χ0) is 20.6. The number of hydrogen-bond donors (Lipinski definition) is 1. The van der Waals surface area contributed by atoms with Gasteiger partial charge < -0.3 is 10.1 Å². The molecular weight excluding hydrogens is 388 g/mol. The smallest absolute Gasteiger partial charge is 0.293 e. The molecule has 0 unspecified atom stereocenters. The molecule has 7 heteroatoms. The Morgan fingerprint density at radius 1 is 1.10 bits per heavy atom. The second kappa shape index (κ2) is 9.93. The first-order valence-corrected chi connectivity index (χ1v) is 10.1. The fraction of sp³-hybridized carbons (Fsp3) is 0.227. The molecule has 1 heterocycles. The summed E-state index contributed by atoms with van der Waals surface area (Å²) in [6.45, 7) is 0.392. The van der Waals surface area contributed by atoms with E-state index < -0.39 is 0 Å². The summed E-state index contributed by atoms with van der Waals surface area (Å²) in [6.07, 6.45) is 2.70. The number of carbonyl (C=O) groups excluding carboxylic acids is 3. The normalized spacial score (nSPS) is 15.1. The first-order chi connectivity index (χ1) is 14.1. The molecule has 0 radical (unpaired) electrons. The van der Waals surface area contributed by atoms with Crippen LogP contribution in [0.3, 0.4) is 0 Å². The lowest BCUT2D eigenvalue weighted by Gasteiger charge is -2.13. The predicted molar refractivity (Wildman–Crippen MR) is 113 cm³/mol. The van der Waals surface area contributed by atoms with E-state index in [1.165, 1.54) is 0 Å². The Kier molecular flexibility index (Phi) is 7.08. The molecule has 150 valence electrons. The number of ether oxygens (including phenoxy) is 1. The van der Waals surface area contributed by atoms with Crippen LogP contribution in [0.2, 0.25) is 0 Å². The van der Waals surface area contributed by atoms with E-state index in [1.807, 2.05) is 42.5 Å². The molecule has 6 nitrogen and oxygen atoms in total. The van der Waals surface area contributed by atoms with Gasteiger partial charge in [0.2, 0.25) is 5.91 Å². The highest BCUT2D eigenvalue weighted by Crippen LogP contribution is 2.32. The molecular formula is C22H22N2O4S. The van der Waals surface area contributed by atoms with Crippen LogP contribution in [0, 0.1) is 0 Å². The summed E-state index contributed by atoms with van der Waals surface area (Å²) in [6, 6.07) is 17.0. The van der Waals surface area contributed by atoms with Crippen molar-refractivity contribution in [3.63, 3.8) is 0 Å². The Morgan fingerprint density at radius 3 is 2.52 bits per heavy atom. The quantitative estimate of drug-likeness (QED) is 0.675. The van der Waals surface area contributed by atoms with Gasteiger partial charge in [-0.2, -0.15) is 0 Å². The van der Waals surface area contributed by atoms with Crippen LogP contribution in [0.15, 0.2) is 59.5 Å². The zero-order valence-electron chi connectivity index (χ0n) is 16.1. The van der Waals surface area contributed by atoms with Crippen LogP contribution in [0.25, 0.3) is 6.08 Å². The summed E-state index contributed by atoms with van der Waals surface area (Å²) in [5.41, 5.74) is 1.91. The molecule has 0 saturated carbocycles. The van der Waals surface area contributed by atoms with Gasteiger partial charge in [0.15, 0.2) is 0 Å². The van der Waals surface area contributed by atoms with Crippen molar-refractivity contribution in [1.82, 2.24) is 10.2 Å². The molecule has 0 aromatic heterocycles. The first kappa shape index (κ1) is 20.7. The van der Waals surface area contributed by atoms with Gasteiger partial charge in [-0.25, -0.2) is 0 Å². The number of aryl methyl sites for hydroxylation is 1. The third-order valence-electron chi connectivity index (χ3n) is 4.43. The van der Waals surface area contributed by atoms with E-state index in [0.29, 0.717) is 17.7 Å². The number of rotatable bonds is 8. The average Bonchev–Trinajstić information content (AvgIpc) is 3.01. The molecule has 0 spiro atoms. The van der Waals surface area contributed by atoms with Crippen molar-refractivity contribution in [2.45, 2.75) is 12.8 Å². The van der Waals surface area contributed by atoms with Crippen molar-refractivity contribution >= 4 is 34.9 Å². The lowest BCUT2D eigenvalue weighted by atomic mass is 10.1. The number of carbonyl (C=O) groups is 3. The van der Waals surface area contributed by atoms with E-state index in [1.54, 1.807) is 25.3 Å². The average molecular weight is 410 g/mol. The summed E-state index contributed by atoms with van der Waals surface area (Å²) in [5, 5.41) is 2.44. The Morgan fingerprint density at radius 2 is 1.83 bits per heavy atom. The van der Waals surface area contributed by atoms with Gasteiger partial charge in [0.05, 0.1) is 12.0 Å². The van der Waals surface area contributed by atoms with Crippen molar-refractivity contribution in [3.8, 4) is 5.75 Å². The van der Waals surface area contributed by atoms with E-state index >= 15 is 0 Å². The van der Waals surface area contributed by atoms with Crippen molar-refractivity contribution in [2.24, 2.45) is 0 Å².